The van der Waals surface area contributed by atoms with E-state index in [4.69, 9.17) is 9.47 Å². The van der Waals surface area contributed by atoms with Crippen LogP contribution in [0.25, 0.3) is 0 Å². The summed E-state index contributed by atoms with van der Waals surface area (Å²) in [5.74, 6) is -0.193. The largest absolute Gasteiger partial charge is 0.465 e. The lowest BCUT2D eigenvalue weighted by atomic mass is 10.1. The van der Waals surface area contributed by atoms with Gasteiger partial charge in [-0.15, -0.1) is 0 Å². The number of rotatable bonds is 6. The molecule has 0 saturated carbocycles. The van der Waals surface area contributed by atoms with Gasteiger partial charge in [0.1, 0.15) is 5.54 Å². The minimum Gasteiger partial charge on any atom is -0.465 e. The fourth-order valence-corrected chi connectivity index (χ4v) is 1.73. The van der Waals surface area contributed by atoms with Gasteiger partial charge in [-0.1, -0.05) is 0 Å². The molecule has 0 unspecified atom stereocenters. The third kappa shape index (κ3) is 5.02. The highest BCUT2D eigenvalue weighted by Gasteiger charge is 2.28. The van der Waals surface area contributed by atoms with E-state index in [-0.39, 0.29) is 5.97 Å². The van der Waals surface area contributed by atoms with Crippen LogP contribution in [0.4, 0.5) is 0 Å². The number of nitrogens with one attached hydrogen (secondary N) is 1. The van der Waals surface area contributed by atoms with Gasteiger partial charge in [0.05, 0.1) is 19.8 Å². The van der Waals surface area contributed by atoms with Gasteiger partial charge in [0.15, 0.2) is 0 Å². The van der Waals surface area contributed by atoms with Crippen LogP contribution < -0.4 is 5.32 Å². The maximum atomic E-state index is 11.6. The SMILES string of the molecule is CCOC(=O)C(C)(C)NCCN1CCOCC1. The molecular formula is C12H24N2O3. The minimum atomic E-state index is -0.609. The first-order valence-corrected chi connectivity index (χ1v) is 6.28. The van der Waals surface area contributed by atoms with E-state index in [1.165, 1.54) is 0 Å². The molecule has 100 valence electrons. The Hall–Kier alpha value is -0.650. The number of carbonyl (C=O) groups is 1. The van der Waals surface area contributed by atoms with Gasteiger partial charge >= 0.3 is 5.97 Å². The molecule has 0 aromatic carbocycles. The van der Waals surface area contributed by atoms with Gasteiger partial charge in [-0.3, -0.25) is 9.69 Å². The van der Waals surface area contributed by atoms with E-state index in [2.05, 4.69) is 10.2 Å². The van der Waals surface area contributed by atoms with Crippen LogP contribution in [0.15, 0.2) is 0 Å². The summed E-state index contributed by atoms with van der Waals surface area (Å²) in [6.07, 6.45) is 0. The molecule has 1 rings (SSSR count). The molecule has 1 N–H and O–H groups in total. The number of morpholine rings is 1. The maximum Gasteiger partial charge on any atom is 0.325 e. The standard InChI is InChI=1S/C12H24N2O3/c1-4-17-11(15)12(2,3)13-5-6-14-7-9-16-10-8-14/h13H,4-10H2,1-3H3. The highest BCUT2D eigenvalue weighted by Crippen LogP contribution is 2.05. The monoisotopic (exact) mass is 244 g/mol. The average molecular weight is 244 g/mol. The van der Waals surface area contributed by atoms with Crippen molar-refractivity contribution in [1.29, 1.82) is 0 Å². The second-order valence-electron chi connectivity index (χ2n) is 4.73. The second-order valence-corrected chi connectivity index (χ2v) is 4.73. The van der Waals surface area contributed by atoms with Crippen molar-refractivity contribution < 1.29 is 14.3 Å². The molecule has 0 aromatic rings. The summed E-state index contributed by atoms with van der Waals surface area (Å²) in [6, 6.07) is 0. The van der Waals surface area contributed by atoms with E-state index >= 15 is 0 Å². The van der Waals surface area contributed by atoms with E-state index in [0.717, 1.165) is 39.4 Å². The number of nitrogens with zero attached hydrogens (tertiary/aromatic N) is 1. The summed E-state index contributed by atoms with van der Waals surface area (Å²) in [4.78, 5) is 14.0. The van der Waals surface area contributed by atoms with Gasteiger partial charge in [-0.25, -0.2) is 0 Å². The Morgan fingerprint density at radius 3 is 2.65 bits per heavy atom. The zero-order valence-electron chi connectivity index (χ0n) is 11.1. The highest BCUT2D eigenvalue weighted by molar-refractivity contribution is 5.79. The van der Waals surface area contributed by atoms with Crippen molar-refractivity contribution in [2.45, 2.75) is 26.3 Å². The van der Waals surface area contributed by atoms with Crippen molar-refractivity contribution >= 4 is 5.97 Å². The molecule has 1 saturated heterocycles. The smallest absolute Gasteiger partial charge is 0.325 e. The van der Waals surface area contributed by atoms with E-state index in [0.29, 0.717) is 6.61 Å². The zero-order valence-corrected chi connectivity index (χ0v) is 11.1. The summed E-state index contributed by atoms with van der Waals surface area (Å²) in [5.41, 5.74) is -0.609. The van der Waals surface area contributed by atoms with Gasteiger partial charge in [0, 0.05) is 26.2 Å². The normalized spacial score (nSPS) is 18.1. The van der Waals surface area contributed by atoms with Crippen LogP contribution >= 0.6 is 0 Å². The van der Waals surface area contributed by atoms with Crippen molar-refractivity contribution in [2.75, 3.05) is 46.0 Å². The molecule has 17 heavy (non-hydrogen) atoms. The predicted octanol–water partition coefficient (Wildman–Crippen LogP) is 0.250. The van der Waals surface area contributed by atoms with Crippen molar-refractivity contribution in [1.82, 2.24) is 10.2 Å². The molecule has 0 bridgehead atoms. The quantitative estimate of drug-likeness (QED) is 0.679. The number of esters is 1. The Bertz CT molecular complexity index is 238. The number of hydrogen-bond acceptors (Lipinski definition) is 5. The van der Waals surface area contributed by atoms with E-state index in [1.54, 1.807) is 0 Å². The van der Waals surface area contributed by atoms with Crippen LogP contribution in [-0.4, -0.2) is 62.4 Å². The molecule has 0 spiro atoms. The lowest BCUT2D eigenvalue weighted by Crippen LogP contribution is -2.51. The molecular weight excluding hydrogens is 220 g/mol. The number of hydrogen-bond donors (Lipinski definition) is 1. The molecule has 0 amide bonds. The molecule has 1 aliphatic heterocycles. The van der Waals surface area contributed by atoms with E-state index < -0.39 is 5.54 Å². The third-order valence-electron chi connectivity index (χ3n) is 2.88. The fourth-order valence-electron chi connectivity index (χ4n) is 1.73. The lowest BCUT2D eigenvalue weighted by Gasteiger charge is -2.29. The molecule has 5 nitrogen and oxygen atoms in total. The van der Waals surface area contributed by atoms with Crippen molar-refractivity contribution in [3.63, 3.8) is 0 Å². The second kappa shape index (κ2) is 6.93. The number of carbonyl (C=O) groups excluding carboxylic acids is 1. The first-order valence-electron chi connectivity index (χ1n) is 6.28. The third-order valence-corrected chi connectivity index (χ3v) is 2.88. The zero-order chi connectivity index (χ0) is 12.7. The van der Waals surface area contributed by atoms with Crippen LogP contribution in [0.2, 0.25) is 0 Å². The highest BCUT2D eigenvalue weighted by atomic mass is 16.5. The summed E-state index contributed by atoms with van der Waals surface area (Å²) in [7, 11) is 0. The van der Waals surface area contributed by atoms with Gasteiger partial charge in [0.25, 0.3) is 0 Å². The van der Waals surface area contributed by atoms with Crippen LogP contribution in [0, 0.1) is 0 Å². The Morgan fingerprint density at radius 2 is 2.06 bits per heavy atom. The summed E-state index contributed by atoms with van der Waals surface area (Å²) < 4.78 is 10.3. The Morgan fingerprint density at radius 1 is 1.41 bits per heavy atom. The fraction of sp³-hybridized carbons (Fsp3) is 0.917. The van der Waals surface area contributed by atoms with Crippen molar-refractivity contribution in [2.24, 2.45) is 0 Å². The molecule has 0 atom stereocenters. The molecule has 0 radical (unpaired) electrons. The Balaban J connectivity index is 2.21. The lowest BCUT2D eigenvalue weighted by molar-refractivity contribution is -0.149. The molecule has 1 fully saturated rings. The predicted molar refractivity (Wildman–Crippen MR) is 66.0 cm³/mol. The van der Waals surface area contributed by atoms with Crippen LogP contribution in [-0.2, 0) is 14.3 Å². The van der Waals surface area contributed by atoms with Crippen LogP contribution in [0.5, 0.6) is 0 Å². The van der Waals surface area contributed by atoms with Crippen molar-refractivity contribution in [3.05, 3.63) is 0 Å². The molecule has 0 aromatic heterocycles. The van der Waals surface area contributed by atoms with Gasteiger partial charge in [-0.05, 0) is 20.8 Å². The summed E-state index contributed by atoms with van der Waals surface area (Å²) >= 11 is 0. The van der Waals surface area contributed by atoms with Gasteiger partial charge in [0.2, 0.25) is 0 Å². The molecule has 5 heteroatoms. The minimum absolute atomic E-state index is 0.193. The summed E-state index contributed by atoms with van der Waals surface area (Å²) in [5, 5.41) is 3.23. The molecule has 1 heterocycles. The van der Waals surface area contributed by atoms with Crippen LogP contribution in [0.3, 0.4) is 0 Å². The van der Waals surface area contributed by atoms with Gasteiger partial charge in [-0.2, -0.15) is 0 Å². The summed E-state index contributed by atoms with van der Waals surface area (Å²) in [6.45, 7) is 11.2. The average Bonchev–Trinajstić information content (AvgIpc) is 2.30. The van der Waals surface area contributed by atoms with Gasteiger partial charge < -0.3 is 14.8 Å². The van der Waals surface area contributed by atoms with E-state index in [9.17, 15) is 4.79 Å². The first-order chi connectivity index (χ1) is 8.06. The first kappa shape index (κ1) is 14.4. The Labute approximate surface area is 103 Å². The number of ether oxygens (including phenoxy) is 2. The van der Waals surface area contributed by atoms with E-state index in [1.807, 2.05) is 20.8 Å². The van der Waals surface area contributed by atoms with Crippen LogP contribution in [0.1, 0.15) is 20.8 Å². The topological polar surface area (TPSA) is 50.8 Å². The van der Waals surface area contributed by atoms with Crippen molar-refractivity contribution in [3.8, 4) is 0 Å². The molecule has 0 aliphatic carbocycles. The molecule has 1 aliphatic rings. The maximum absolute atomic E-state index is 11.6. The Kier molecular flexibility index (Phi) is 5.88.